The summed E-state index contributed by atoms with van der Waals surface area (Å²) in [5.74, 6) is -1.71. The number of carbonyl (C=O) groups excluding carboxylic acids is 2. The van der Waals surface area contributed by atoms with Gasteiger partial charge in [-0.05, 0) is 23.9 Å². The number of nitrogens with zero attached hydrogens (tertiary/aromatic N) is 2. The van der Waals surface area contributed by atoms with Gasteiger partial charge in [0, 0.05) is 11.6 Å². The molecule has 132 valence electrons. The highest BCUT2D eigenvalue weighted by Crippen LogP contribution is 2.26. The maximum atomic E-state index is 12.3. The van der Waals surface area contributed by atoms with E-state index in [1.165, 1.54) is 18.2 Å². The monoisotopic (exact) mass is 373 g/mol. The Morgan fingerprint density at radius 2 is 2.04 bits per heavy atom. The summed E-state index contributed by atoms with van der Waals surface area (Å²) < 4.78 is 45.2. The molecule has 0 spiro atoms. The van der Waals surface area contributed by atoms with Crippen LogP contribution in [0.25, 0.3) is 0 Å². The van der Waals surface area contributed by atoms with Crippen LogP contribution < -0.4 is 10.1 Å². The number of rotatable bonds is 4. The molecule has 0 unspecified atom stereocenters. The Morgan fingerprint density at radius 1 is 1.32 bits per heavy atom. The van der Waals surface area contributed by atoms with Crippen LogP contribution in [-0.4, -0.2) is 36.7 Å². The van der Waals surface area contributed by atoms with E-state index < -0.39 is 24.0 Å². The lowest BCUT2D eigenvalue weighted by atomic mass is 10.2. The lowest BCUT2D eigenvalue weighted by Gasteiger charge is -2.10. The third kappa shape index (κ3) is 5.64. The van der Waals surface area contributed by atoms with Crippen molar-refractivity contribution in [3.8, 4) is 5.75 Å². The number of nitrogens with one attached hydrogen (secondary N) is 1. The van der Waals surface area contributed by atoms with Crippen molar-refractivity contribution in [1.82, 2.24) is 5.32 Å². The highest BCUT2D eigenvalue weighted by molar-refractivity contribution is 8.18. The number of amidine groups is 1. The second kappa shape index (κ2) is 7.83. The number of carbonyl (C=O) groups is 2. The van der Waals surface area contributed by atoms with Crippen LogP contribution in [0, 0.1) is 0 Å². The Balaban J connectivity index is 2.11. The van der Waals surface area contributed by atoms with Gasteiger partial charge in [-0.15, -0.1) is 18.3 Å². The molecule has 1 aromatic carbocycles. The summed E-state index contributed by atoms with van der Waals surface area (Å²) in [5, 5.41) is 9.70. The van der Waals surface area contributed by atoms with E-state index in [4.69, 9.17) is 0 Å². The van der Waals surface area contributed by atoms with Gasteiger partial charge in [0.15, 0.2) is 5.17 Å². The van der Waals surface area contributed by atoms with Crippen molar-refractivity contribution in [3.05, 3.63) is 40.8 Å². The first kappa shape index (κ1) is 18.5. The zero-order valence-corrected chi connectivity index (χ0v) is 13.4. The molecule has 0 aliphatic carbocycles. The van der Waals surface area contributed by atoms with Crippen LogP contribution in [0.3, 0.4) is 0 Å². The zero-order chi connectivity index (χ0) is 18.4. The number of alkyl halides is 3. The molecular formula is C14H10F3N3O4S. The van der Waals surface area contributed by atoms with Crippen LogP contribution in [0.2, 0.25) is 0 Å². The van der Waals surface area contributed by atoms with Crippen LogP contribution in [0.4, 0.5) is 13.2 Å². The lowest BCUT2D eigenvalue weighted by molar-refractivity contribution is -0.274. The van der Waals surface area contributed by atoms with Crippen molar-refractivity contribution in [1.29, 1.82) is 0 Å². The molecule has 0 saturated carbocycles. The van der Waals surface area contributed by atoms with Gasteiger partial charge in [-0.2, -0.15) is 5.10 Å². The normalized spacial score (nSPS) is 18.0. The van der Waals surface area contributed by atoms with Crippen molar-refractivity contribution >= 4 is 35.0 Å². The van der Waals surface area contributed by atoms with Gasteiger partial charge in [0.05, 0.1) is 18.2 Å². The fourth-order valence-electron chi connectivity index (χ4n) is 1.59. The molecule has 7 nitrogen and oxygen atoms in total. The van der Waals surface area contributed by atoms with E-state index in [1.54, 1.807) is 0 Å². The van der Waals surface area contributed by atoms with Gasteiger partial charge in [-0.1, -0.05) is 12.1 Å². The molecule has 25 heavy (non-hydrogen) atoms. The maximum absolute atomic E-state index is 12.3. The molecule has 1 fully saturated rings. The zero-order valence-electron chi connectivity index (χ0n) is 12.5. The number of halogens is 3. The quantitative estimate of drug-likeness (QED) is 0.378. The van der Waals surface area contributed by atoms with E-state index in [0.29, 0.717) is 0 Å². The molecule has 0 bridgehead atoms. The first-order valence-electron chi connectivity index (χ1n) is 6.53. The average Bonchev–Trinajstić information content (AvgIpc) is 2.87. The van der Waals surface area contributed by atoms with Gasteiger partial charge in [0.2, 0.25) is 0 Å². The van der Waals surface area contributed by atoms with E-state index in [0.717, 1.165) is 37.2 Å². The SMILES string of the molecule is COC(=O)/C=C1/S/C(=N\N=Cc2ccccc2OC(F)(F)F)NC1=O. The average molecular weight is 373 g/mol. The van der Waals surface area contributed by atoms with Crippen molar-refractivity contribution in [2.24, 2.45) is 10.2 Å². The molecule has 1 aliphatic rings. The number of para-hydroxylation sites is 1. The summed E-state index contributed by atoms with van der Waals surface area (Å²) in [4.78, 5) is 22.8. The number of esters is 1. The Kier molecular flexibility index (Phi) is 5.80. The minimum atomic E-state index is -4.83. The van der Waals surface area contributed by atoms with Crippen LogP contribution in [0.5, 0.6) is 5.75 Å². The van der Waals surface area contributed by atoms with E-state index in [1.807, 2.05) is 0 Å². The van der Waals surface area contributed by atoms with Crippen LogP contribution in [0.1, 0.15) is 5.56 Å². The lowest BCUT2D eigenvalue weighted by Crippen LogP contribution is -2.19. The summed E-state index contributed by atoms with van der Waals surface area (Å²) >= 11 is 0.836. The Hall–Kier alpha value is -2.82. The van der Waals surface area contributed by atoms with E-state index in [2.05, 4.69) is 25.0 Å². The number of benzene rings is 1. The van der Waals surface area contributed by atoms with Gasteiger partial charge < -0.3 is 9.47 Å². The number of amides is 1. The summed E-state index contributed by atoms with van der Waals surface area (Å²) in [6.07, 6.45) is -2.81. The second-order valence-electron chi connectivity index (χ2n) is 4.32. The number of hydrogen-bond donors (Lipinski definition) is 1. The Morgan fingerprint density at radius 3 is 2.72 bits per heavy atom. The molecule has 1 aliphatic heterocycles. The van der Waals surface area contributed by atoms with Crippen LogP contribution in [-0.2, 0) is 14.3 Å². The smallest absolute Gasteiger partial charge is 0.466 e. The molecule has 1 saturated heterocycles. The highest BCUT2D eigenvalue weighted by Gasteiger charge is 2.31. The molecule has 1 amide bonds. The van der Waals surface area contributed by atoms with Gasteiger partial charge in [-0.25, -0.2) is 4.79 Å². The Bertz CT molecular complexity index is 775. The molecule has 0 radical (unpaired) electrons. The minimum Gasteiger partial charge on any atom is -0.466 e. The molecule has 1 aromatic rings. The summed E-state index contributed by atoms with van der Waals surface area (Å²) in [6, 6.07) is 5.36. The molecule has 11 heteroatoms. The molecule has 1 N–H and O–H groups in total. The standard InChI is InChI=1S/C14H10F3N3O4S/c1-23-11(21)6-10-12(22)19-13(25-10)20-18-7-8-4-2-3-5-9(8)24-14(15,16)17/h2-7H,1H3,(H,19,20,22)/b10-6+,18-7?. The summed E-state index contributed by atoms with van der Waals surface area (Å²) in [5.41, 5.74) is 0.0452. The maximum Gasteiger partial charge on any atom is 0.573 e. The molecule has 1 heterocycles. The predicted octanol–water partition coefficient (Wildman–Crippen LogP) is 2.19. The molecule has 0 aromatic heterocycles. The van der Waals surface area contributed by atoms with E-state index in [9.17, 15) is 22.8 Å². The number of methoxy groups -OCH3 is 1. The first-order chi connectivity index (χ1) is 11.8. The van der Waals surface area contributed by atoms with Crippen molar-refractivity contribution in [2.75, 3.05) is 7.11 Å². The third-order valence-electron chi connectivity index (χ3n) is 2.59. The fraction of sp³-hybridized carbons (Fsp3) is 0.143. The van der Waals surface area contributed by atoms with Crippen molar-refractivity contribution < 1.29 is 32.2 Å². The van der Waals surface area contributed by atoms with Gasteiger partial charge in [0.1, 0.15) is 5.75 Å². The molecule has 0 atom stereocenters. The molecular weight excluding hydrogens is 363 g/mol. The molecule has 2 rings (SSSR count). The van der Waals surface area contributed by atoms with Gasteiger partial charge in [-0.3, -0.25) is 10.1 Å². The number of ether oxygens (including phenoxy) is 2. The van der Waals surface area contributed by atoms with Crippen LogP contribution >= 0.6 is 11.8 Å². The van der Waals surface area contributed by atoms with Crippen molar-refractivity contribution in [3.63, 3.8) is 0 Å². The fourth-order valence-corrected chi connectivity index (χ4v) is 2.33. The summed E-state index contributed by atoms with van der Waals surface area (Å²) in [6.45, 7) is 0. The Labute approximate surface area is 143 Å². The number of thioether (sulfide) groups is 1. The first-order valence-corrected chi connectivity index (χ1v) is 7.35. The highest BCUT2D eigenvalue weighted by atomic mass is 32.2. The van der Waals surface area contributed by atoms with Gasteiger partial charge >= 0.3 is 12.3 Å². The second-order valence-corrected chi connectivity index (χ2v) is 5.35. The van der Waals surface area contributed by atoms with E-state index >= 15 is 0 Å². The van der Waals surface area contributed by atoms with Crippen molar-refractivity contribution in [2.45, 2.75) is 6.36 Å². The van der Waals surface area contributed by atoms with Crippen LogP contribution in [0.15, 0.2) is 45.4 Å². The topological polar surface area (TPSA) is 89.3 Å². The number of hydrogen-bond acceptors (Lipinski definition) is 7. The third-order valence-corrected chi connectivity index (χ3v) is 3.49. The largest absolute Gasteiger partial charge is 0.573 e. The predicted molar refractivity (Wildman–Crippen MR) is 84.0 cm³/mol. The van der Waals surface area contributed by atoms with E-state index in [-0.39, 0.29) is 15.6 Å². The summed E-state index contributed by atoms with van der Waals surface area (Å²) in [7, 11) is 1.16. The minimum absolute atomic E-state index is 0.0452. The van der Waals surface area contributed by atoms with Gasteiger partial charge in [0.25, 0.3) is 5.91 Å².